The molecule has 7 nitrogen and oxygen atoms in total. The van der Waals surface area contributed by atoms with Gasteiger partial charge >= 0.3 is 0 Å². The molecule has 4 aromatic rings. The van der Waals surface area contributed by atoms with Crippen molar-refractivity contribution in [1.82, 2.24) is 5.32 Å². The van der Waals surface area contributed by atoms with E-state index in [9.17, 15) is 14.4 Å². The number of benzene rings is 4. The molecule has 0 saturated carbocycles. The third-order valence-corrected chi connectivity index (χ3v) is 6.83. The van der Waals surface area contributed by atoms with Crippen molar-refractivity contribution < 1.29 is 19.1 Å². The van der Waals surface area contributed by atoms with Crippen molar-refractivity contribution >= 4 is 46.9 Å². The smallest absolute Gasteiger partial charge is 0.272 e. The van der Waals surface area contributed by atoms with Gasteiger partial charge in [0.2, 0.25) is 5.91 Å². The Balaban J connectivity index is 1.45. The maximum atomic E-state index is 13.4. The van der Waals surface area contributed by atoms with Crippen LogP contribution in [0.2, 0.25) is 0 Å². The van der Waals surface area contributed by atoms with Crippen LogP contribution in [-0.2, 0) is 9.59 Å². The Morgan fingerprint density at radius 1 is 0.800 bits per heavy atom. The van der Waals surface area contributed by atoms with Gasteiger partial charge in [0.25, 0.3) is 11.8 Å². The summed E-state index contributed by atoms with van der Waals surface area (Å²) in [5, 5.41) is 8.48. The number of anilines is 2. The largest absolute Gasteiger partial charge is 0.497 e. The summed E-state index contributed by atoms with van der Waals surface area (Å²) >= 11 is 1.34. The second kappa shape index (κ2) is 13.8. The highest BCUT2D eigenvalue weighted by Gasteiger charge is 2.16. The monoisotopic (exact) mass is 551 g/mol. The Hall–Kier alpha value is -4.82. The summed E-state index contributed by atoms with van der Waals surface area (Å²) in [6.45, 7) is 1.94. The lowest BCUT2D eigenvalue weighted by Crippen LogP contribution is -2.30. The van der Waals surface area contributed by atoms with Gasteiger partial charge in [-0.15, -0.1) is 11.8 Å². The van der Waals surface area contributed by atoms with Crippen LogP contribution in [0.15, 0.2) is 114 Å². The fourth-order valence-corrected chi connectivity index (χ4v) is 4.51. The van der Waals surface area contributed by atoms with Crippen LogP contribution in [0.3, 0.4) is 0 Å². The quantitative estimate of drug-likeness (QED) is 0.162. The van der Waals surface area contributed by atoms with Crippen molar-refractivity contribution in [3.8, 4) is 5.75 Å². The van der Waals surface area contributed by atoms with Gasteiger partial charge in [-0.1, -0.05) is 54.6 Å². The van der Waals surface area contributed by atoms with Gasteiger partial charge in [-0.3, -0.25) is 14.4 Å². The molecular formula is C32H29N3O4S. The third-order valence-electron chi connectivity index (χ3n) is 5.83. The van der Waals surface area contributed by atoms with E-state index in [1.165, 1.54) is 11.8 Å². The van der Waals surface area contributed by atoms with Crippen LogP contribution in [0.1, 0.15) is 21.5 Å². The number of carbonyl (C=O) groups excluding carboxylic acids is 3. The molecule has 0 heterocycles. The first-order valence-corrected chi connectivity index (χ1v) is 13.5. The normalized spacial score (nSPS) is 10.9. The topological polar surface area (TPSA) is 96.5 Å². The minimum atomic E-state index is -0.467. The van der Waals surface area contributed by atoms with E-state index in [0.717, 1.165) is 16.0 Å². The van der Waals surface area contributed by atoms with Crippen LogP contribution in [0, 0.1) is 6.92 Å². The molecule has 4 aromatic carbocycles. The van der Waals surface area contributed by atoms with Crippen LogP contribution in [0.4, 0.5) is 11.4 Å². The van der Waals surface area contributed by atoms with Crippen molar-refractivity contribution in [2.75, 3.05) is 23.5 Å². The van der Waals surface area contributed by atoms with Crippen LogP contribution < -0.4 is 20.7 Å². The van der Waals surface area contributed by atoms with Crippen LogP contribution in [0.25, 0.3) is 6.08 Å². The molecule has 0 aromatic heterocycles. The molecule has 0 atom stereocenters. The first-order chi connectivity index (χ1) is 19.4. The highest BCUT2D eigenvalue weighted by Crippen LogP contribution is 2.23. The Kier molecular flexibility index (Phi) is 9.74. The molecule has 40 heavy (non-hydrogen) atoms. The SMILES string of the molecule is COc1cccc(NC(=O)CSc2cccc(NC(=O)/C(=C/c3ccccc3C)NC(=O)c3ccccc3)c2)c1. The number of nitrogens with one attached hydrogen (secondary N) is 3. The number of rotatable bonds is 10. The molecule has 202 valence electrons. The predicted octanol–water partition coefficient (Wildman–Crippen LogP) is 6.14. The van der Waals surface area contributed by atoms with Crippen LogP contribution in [-0.4, -0.2) is 30.6 Å². The summed E-state index contributed by atoms with van der Waals surface area (Å²) in [6, 6.07) is 30.7. The summed E-state index contributed by atoms with van der Waals surface area (Å²) in [5.74, 6) is -0.183. The molecule has 0 aliphatic heterocycles. The lowest BCUT2D eigenvalue weighted by molar-refractivity contribution is -0.114. The number of thioether (sulfide) groups is 1. The van der Waals surface area contributed by atoms with Crippen molar-refractivity contribution in [1.29, 1.82) is 0 Å². The minimum Gasteiger partial charge on any atom is -0.497 e. The molecule has 0 fully saturated rings. The van der Waals surface area contributed by atoms with Crippen molar-refractivity contribution in [3.05, 3.63) is 126 Å². The second-order valence-corrected chi connectivity index (χ2v) is 9.83. The molecule has 0 saturated heterocycles. The van der Waals surface area contributed by atoms with Gasteiger partial charge in [0.1, 0.15) is 11.4 Å². The molecule has 0 bridgehead atoms. The Morgan fingerprint density at radius 2 is 1.50 bits per heavy atom. The number of hydrogen-bond acceptors (Lipinski definition) is 5. The van der Waals surface area contributed by atoms with E-state index in [-0.39, 0.29) is 23.3 Å². The van der Waals surface area contributed by atoms with Gasteiger partial charge in [0, 0.05) is 27.9 Å². The van der Waals surface area contributed by atoms with Gasteiger partial charge in [0.05, 0.1) is 12.9 Å². The highest BCUT2D eigenvalue weighted by atomic mass is 32.2. The molecule has 0 unspecified atom stereocenters. The number of carbonyl (C=O) groups is 3. The predicted molar refractivity (Wildman–Crippen MR) is 160 cm³/mol. The first-order valence-electron chi connectivity index (χ1n) is 12.5. The lowest BCUT2D eigenvalue weighted by atomic mass is 10.1. The number of aryl methyl sites for hydroxylation is 1. The number of hydrogen-bond donors (Lipinski definition) is 3. The molecule has 3 N–H and O–H groups in total. The number of amides is 3. The van der Waals surface area contributed by atoms with E-state index in [1.54, 1.807) is 79.9 Å². The summed E-state index contributed by atoms with van der Waals surface area (Å²) in [7, 11) is 1.57. The molecule has 8 heteroatoms. The first kappa shape index (κ1) is 28.2. The fraction of sp³-hybridized carbons (Fsp3) is 0.0938. The van der Waals surface area contributed by atoms with Gasteiger partial charge in [-0.25, -0.2) is 0 Å². The van der Waals surface area contributed by atoms with Crippen molar-refractivity contribution in [3.63, 3.8) is 0 Å². The minimum absolute atomic E-state index is 0.110. The van der Waals surface area contributed by atoms with Crippen molar-refractivity contribution in [2.45, 2.75) is 11.8 Å². The summed E-state index contributed by atoms with van der Waals surface area (Å²) < 4.78 is 5.19. The molecule has 0 radical (unpaired) electrons. The number of ether oxygens (including phenoxy) is 1. The number of methoxy groups -OCH3 is 1. The maximum Gasteiger partial charge on any atom is 0.272 e. The fourth-order valence-electron chi connectivity index (χ4n) is 3.76. The van der Waals surface area contributed by atoms with Gasteiger partial charge in [-0.05, 0) is 66.6 Å². The van der Waals surface area contributed by atoms with Gasteiger partial charge < -0.3 is 20.7 Å². The maximum absolute atomic E-state index is 13.4. The van der Waals surface area contributed by atoms with E-state index in [2.05, 4.69) is 16.0 Å². The van der Waals surface area contributed by atoms with Crippen molar-refractivity contribution in [2.24, 2.45) is 0 Å². The van der Waals surface area contributed by atoms with E-state index in [4.69, 9.17) is 4.74 Å². The summed E-state index contributed by atoms with van der Waals surface area (Å²) in [4.78, 5) is 39.5. The third kappa shape index (κ3) is 8.09. The lowest BCUT2D eigenvalue weighted by Gasteiger charge is -2.13. The Bertz CT molecular complexity index is 1540. The average molecular weight is 552 g/mol. The molecule has 0 aliphatic rings. The van der Waals surface area contributed by atoms with Crippen LogP contribution in [0.5, 0.6) is 5.75 Å². The highest BCUT2D eigenvalue weighted by molar-refractivity contribution is 8.00. The molecule has 0 aliphatic carbocycles. The standard InChI is InChI=1S/C32H29N3O4S/c1-22-10-6-7-13-24(22)18-29(35-31(37)23-11-4-3-5-12-23)32(38)34-26-15-9-17-28(20-26)40-21-30(36)33-25-14-8-16-27(19-25)39-2/h3-20H,21H2,1-2H3,(H,33,36)(H,34,38)(H,35,37)/b29-18-. The average Bonchev–Trinajstić information content (AvgIpc) is 2.97. The molecular weight excluding hydrogens is 522 g/mol. The summed E-state index contributed by atoms with van der Waals surface area (Å²) in [6.07, 6.45) is 1.66. The molecule has 3 amide bonds. The van der Waals surface area contributed by atoms with E-state index in [1.807, 2.05) is 43.3 Å². The Labute approximate surface area is 237 Å². The Morgan fingerprint density at radius 3 is 2.25 bits per heavy atom. The second-order valence-electron chi connectivity index (χ2n) is 8.79. The van der Waals surface area contributed by atoms with E-state index in [0.29, 0.717) is 22.7 Å². The van der Waals surface area contributed by atoms with E-state index < -0.39 is 5.91 Å². The zero-order valence-electron chi connectivity index (χ0n) is 22.1. The molecule has 0 spiro atoms. The van der Waals surface area contributed by atoms with Crippen LogP contribution >= 0.6 is 11.8 Å². The summed E-state index contributed by atoms with van der Waals surface area (Å²) in [5.41, 5.74) is 3.51. The van der Waals surface area contributed by atoms with E-state index >= 15 is 0 Å². The molecule has 4 rings (SSSR count). The van der Waals surface area contributed by atoms with Gasteiger partial charge in [0.15, 0.2) is 0 Å². The zero-order valence-corrected chi connectivity index (χ0v) is 23.0. The van der Waals surface area contributed by atoms with Gasteiger partial charge in [-0.2, -0.15) is 0 Å². The zero-order chi connectivity index (χ0) is 28.3.